The van der Waals surface area contributed by atoms with Gasteiger partial charge < -0.3 is 4.74 Å². The molecule has 2 heteroatoms. The van der Waals surface area contributed by atoms with Crippen LogP contribution in [0.3, 0.4) is 0 Å². The van der Waals surface area contributed by atoms with Crippen LogP contribution in [0.4, 0.5) is 0 Å². The highest BCUT2D eigenvalue weighted by Crippen LogP contribution is 2.70. The molecule has 1 saturated heterocycles. The van der Waals surface area contributed by atoms with Gasteiger partial charge in [0, 0.05) is 11.3 Å². The maximum atomic E-state index is 11.3. The Morgan fingerprint density at radius 1 is 1.36 bits per heavy atom. The predicted octanol–water partition coefficient (Wildman–Crippen LogP) is 2.37. The summed E-state index contributed by atoms with van der Waals surface area (Å²) in [6.45, 7) is 7.03. The zero-order chi connectivity index (χ0) is 10.1. The van der Waals surface area contributed by atoms with Gasteiger partial charge in [0.15, 0.2) is 0 Å². The molecule has 3 fully saturated rings. The van der Waals surface area contributed by atoms with E-state index in [9.17, 15) is 4.79 Å². The second kappa shape index (κ2) is 2.17. The Labute approximate surface area is 85.0 Å². The Bertz CT molecular complexity index is 307. The van der Waals surface area contributed by atoms with Crippen molar-refractivity contribution >= 4 is 5.97 Å². The topological polar surface area (TPSA) is 26.3 Å². The summed E-state index contributed by atoms with van der Waals surface area (Å²) in [5.74, 6) is 1.27. The maximum Gasteiger partial charge on any atom is 0.306 e. The Morgan fingerprint density at radius 2 is 2.07 bits per heavy atom. The lowest BCUT2D eigenvalue weighted by molar-refractivity contribution is -0.147. The molecule has 0 aromatic carbocycles. The van der Waals surface area contributed by atoms with Crippen molar-refractivity contribution in [2.24, 2.45) is 22.7 Å². The van der Waals surface area contributed by atoms with E-state index >= 15 is 0 Å². The van der Waals surface area contributed by atoms with E-state index in [4.69, 9.17) is 4.74 Å². The Morgan fingerprint density at radius 3 is 2.71 bits per heavy atom. The number of hydrogen-bond donors (Lipinski definition) is 0. The van der Waals surface area contributed by atoms with Crippen molar-refractivity contribution in [1.29, 1.82) is 0 Å². The van der Waals surface area contributed by atoms with E-state index < -0.39 is 0 Å². The number of carbonyl (C=O) groups excluding carboxylic acids is 1. The summed E-state index contributed by atoms with van der Waals surface area (Å²) in [6, 6.07) is 0. The molecule has 0 aromatic heterocycles. The average Bonchev–Trinajstić information content (AvgIpc) is 2.59. The number of hydrogen-bond acceptors (Lipinski definition) is 2. The molecule has 2 saturated carbocycles. The van der Waals surface area contributed by atoms with Crippen molar-refractivity contribution in [1.82, 2.24) is 0 Å². The minimum absolute atomic E-state index is 0.0358. The molecule has 0 spiro atoms. The van der Waals surface area contributed by atoms with Crippen molar-refractivity contribution in [2.45, 2.75) is 46.1 Å². The summed E-state index contributed by atoms with van der Waals surface area (Å²) in [4.78, 5) is 11.3. The molecular formula is C12H18O2. The fourth-order valence-corrected chi connectivity index (χ4v) is 4.35. The van der Waals surface area contributed by atoms with Gasteiger partial charge in [-0.2, -0.15) is 0 Å². The number of fused-ring (bicyclic) bond motifs is 5. The van der Waals surface area contributed by atoms with Gasteiger partial charge in [0.1, 0.15) is 6.10 Å². The quantitative estimate of drug-likeness (QED) is 0.553. The van der Waals surface area contributed by atoms with Crippen molar-refractivity contribution in [3.63, 3.8) is 0 Å². The van der Waals surface area contributed by atoms with Crippen LogP contribution >= 0.6 is 0 Å². The van der Waals surface area contributed by atoms with Crippen molar-refractivity contribution < 1.29 is 9.53 Å². The summed E-state index contributed by atoms with van der Waals surface area (Å²) in [6.07, 6.45) is 3.43. The third kappa shape index (κ3) is 0.697. The lowest BCUT2D eigenvalue weighted by Crippen LogP contribution is -2.37. The molecule has 4 atom stereocenters. The van der Waals surface area contributed by atoms with Gasteiger partial charge in [-0.25, -0.2) is 0 Å². The van der Waals surface area contributed by atoms with Crippen LogP contribution in [0.1, 0.15) is 40.0 Å². The van der Waals surface area contributed by atoms with E-state index in [1.165, 1.54) is 12.8 Å². The van der Waals surface area contributed by atoms with E-state index in [0.717, 1.165) is 0 Å². The Balaban J connectivity index is 2.06. The van der Waals surface area contributed by atoms with Gasteiger partial charge in [-0.3, -0.25) is 4.79 Å². The van der Waals surface area contributed by atoms with Gasteiger partial charge in [-0.15, -0.1) is 0 Å². The third-order valence-corrected chi connectivity index (χ3v) is 5.57. The summed E-state index contributed by atoms with van der Waals surface area (Å²) in [5, 5.41) is 0. The van der Waals surface area contributed by atoms with Crippen LogP contribution in [-0.4, -0.2) is 12.1 Å². The molecule has 1 heterocycles. The number of rotatable bonds is 0. The molecule has 0 radical (unpaired) electrons. The number of esters is 1. The lowest BCUT2D eigenvalue weighted by atomic mass is 9.70. The summed E-state index contributed by atoms with van der Waals surface area (Å²) in [7, 11) is 0. The first kappa shape index (κ1) is 8.75. The SMILES string of the molecule is CC1(C)[C@@H]2CC[C@@]1(C)[C@H]1OC(=O)C[C@@H]21. The second-order valence-corrected chi connectivity index (χ2v) is 6.06. The highest BCUT2D eigenvalue weighted by molar-refractivity contribution is 5.73. The van der Waals surface area contributed by atoms with Crippen LogP contribution in [0, 0.1) is 22.7 Å². The molecule has 78 valence electrons. The molecule has 0 N–H and O–H groups in total. The van der Waals surface area contributed by atoms with Gasteiger partial charge in [-0.05, 0) is 24.2 Å². The lowest BCUT2D eigenvalue weighted by Gasteiger charge is -2.37. The average molecular weight is 194 g/mol. The molecule has 2 bridgehead atoms. The minimum atomic E-state index is 0.0358. The highest BCUT2D eigenvalue weighted by atomic mass is 16.6. The molecule has 3 rings (SSSR count). The van der Waals surface area contributed by atoms with Gasteiger partial charge in [0.2, 0.25) is 0 Å². The smallest absolute Gasteiger partial charge is 0.306 e. The molecule has 3 aliphatic rings. The van der Waals surface area contributed by atoms with Crippen LogP contribution < -0.4 is 0 Å². The zero-order valence-electron chi connectivity index (χ0n) is 9.17. The first-order chi connectivity index (χ1) is 6.47. The van der Waals surface area contributed by atoms with Crippen LogP contribution in [0.5, 0.6) is 0 Å². The van der Waals surface area contributed by atoms with E-state index in [-0.39, 0.29) is 17.5 Å². The van der Waals surface area contributed by atoms with Crippen molar-refractivity contribution in [2.75, 3.05) is 0 Å². The van der Waals surface area contributed by atoms with E-state index in [2.05, 4.69) is 20.8 Å². The predicted molar refractivity (Wildman–Crippen MR) is 52.6 cm³/mol. The summed E-state index contributed by atoms with van der Waals surface area (Å²) in [5.41, 5.74) is 0.609. The summed E-state index contributed by atoms with van der Waals surface area (Å²) < 4.78 is 5.52. The monoisotopic (exact) mass is 194 g/mol. The zero-order valence-corrected chi connectivity index (χ0v) is 9.17. The van der Waals surface area contributed by atoms with Gasteiger partial charge in [0.05, 0.1) is 6.42 Å². The van der Waals surface area contributed by atoms with Gasteiger partial charge in [0.25, 0.3) is 0 Å². The van der Waals surface area contributed by atoms with Crippen LogP contribution in [0.25, 0.3) is 0 Å². The summed E-state index contributed by atoms with van der Waals surface area (Å²) >= 11 is 0. The molecule has 0 aromatic rings. The molecule has 2 aliphatic carbocycles. The molecular weight excluding hydrogens is 176 g/mol. The fourth-order valence-electron chi connectivity index (χ4n) is 4.35. The normalized spacial score (nSPS) is 53.4. The van der Waals surface area contributed by atoms with Crippen molar-refractivity contribution in [3.8, 4) is 0 Å². The minimum Gasteiger partial charge on any atom is -0.461 e. The van der Waals surface area contributed by atoms with Crippen LogP contribution in [0.15, 0.2) is 0 Å². The maximum absolute atomic E-state index is 11.3. The molecule has 1 aliphatic heterocycles. The van der Waals surface area contributed by atoms with Crippen molar-refractivity contribution in [3.05, 3.63) is 0 Å². The van der Waals surface area contributed by atoms with E-state index in [0.29, 0.717) is 23.7 Å². The fraction of sp³-hybridized carbons (Fsp3) is 0.917. The van der Waals surface area contributed by atoms with Gasteiger partial charge >= 0.3 is 5.97 Å². The van der Waals surface area contributed by atoms with Crippen LogP contribution in [-0.2, 0) is 9.53 Å². The van der Waals surface area contributed by atoms with E-state index in [1.54, 1.807) is 0 Å². The number of ether oxygens (including phenoxy) is 1. The molecule has 0 unspecified atom stereocenters. The highest BCUT2D eigenvalue weighted by Gasteiger charge is 2.69. The molecule has 0 amide bonds. The molecule has 14 heavy (non-hydrogen) atoms. The first-order valence-electron chi connectivity index (χ1n) is 5.66. The third-order valence-electron chi connectivity index (χ3n) is 5.57. The van der Waals surface area contributed by atoms with E-state index in [1.807, 2.05) is 0 Å². The standard InChI is InChI=1S/C12H18O2/c1-11(2)8-4-5-12(11,3)10-7(8)6-9(13)14-10/h7-8,10H,4-6H2,1-3H3/t7-,8+,10-,12-/m0/s1. The first-order valence-corrected chi connectivity index (χ1v) is 5.66. The van der Waals surface area contributed by atoms with Crippen LogP contribution in [0.2, 0.25) is 0 Å². The Hall–Kier alpha value is -0.530. The molecule has 2 nitrogen and oxygen atoms in total. The second-order valence-electron chi connectivity index (χ2n) is 6.06. The van der Waals surface area contributed by atoms with Gasteiger partial charge in [-0.1, -0.05) is 20.8 Å². The Kier molecular flexibility index (Phi) is 1.36. The number of carbonyl (C=O) groups is 1. The largest absolute Gasteiger partial charge is 0.461 e.